The van der Waals surface area contributed by atoms with Crippen molar-refractivity contribution in [2.75, 3.05) is 0 Å². The summed E-state index contributed by atoms with van der Waals surface area (Å²) >= 11 is 6.05. The lowest BCUT2D eigenvalue weighted by Crippen LogP contribution is -2.44. The maximum absolute atomic E-state index is 15.0. The van der Waals surface area contributed by atoms with Crippen LogP contribution in [0.15, 0.2) is 60.7 Å². The highest BCUT2D eigenvalue weighted by molar-refractivity contribution is 6.30. The first-order chi connectivity index (χ1) is 20.6. The number of rotatable bonds is 9. The number of amides is 1. The van der Waals surface area contributed by atoms with E-state index in [-0.39, 0.29) is 60.3 Å². The summed E-state index contributed by atoms with van der Waals surface area (Å²) in [6, 6.07) is 12.0. The molecule has 0 bridgehead atoms. The van der Waals surface area contributed by atoms with Crippen molar-refractivity contribution in [1.82, 2.24) is 24.6 Å². The van der Waals surface area contributed by atoms with Crippen LogP contribution < -0.4 is 0 Å². The molecular formula is C33H31ClFN5O3. The van der Waals surface area contributed by atoms with Gasteiger partial charge in [-0.15, -0.1) is 0 Å². The molecule has 6 rings (SSSR count). The molecule has 0 radical (unpaired) electrons. The topological polar surface area (TPSA) is 98.1 Å². The minimum atomic E-state index is -0.585. The van der Waals surface area contributed by atoms with Crippen LogP contribution in [0.5, 0.6) is 0 Å². The Morgan fingerprint density at radius 2 is 1.77 bits per heavy atom. The van der Waals surface area contributed by atoms with Crippen molar-refractivity contribution in [2.24, 2.45) is 5.92 Å². The van der Waals surface area contributed by atoms with Crippen molar-refractivity contribution >= 4 is 45.6 Å². The average Bonchev–Trinajstić information content (AvgIpc) is 3.50. The summed E-state index contributed by atoms with van der Waals surface area (Å²) in [5, 5.41) is 5.66. The molecule has 2 aromatic carbocycles. The van der Waals surface area contributed by atoms with Gasteiger partial charge < -0.3 is 4.90 Å². The maximum atomic E-state index is 15.0. The number of ketones is 2. The number of aryl methyl sites for hydroxylation is 1. The number of likely N-dealkylation sites (tertiary alicyclic amines) is 1. The standard InChI is InChI=1S/C33H31ClFN5O3/c1-18(21-5-4-6-25(34)11-21)27(35)8-10-31(42)30-14-23-13-29(23)40(30)32(43)17-39-28-9-7-22(24-15-36-20(3)37-16-24)12-26(28)33(38-39)19(2)41/h4-7,9,11-12,15-16,23,29-30H,8,10,13-14,17H2,1-3H3/b27-18+/t23-,29-,30+/m1/s1. The molecule has 4 aromatic rings. The van der Waals surface area contributed by atoms with Crippen molar-refractivity contribution in [2.45, 2.75) is 65.1 Å². The van der Waals surface area contributed by atoms with Crippen molar-refractivity contribution in [3.8, 4) is 11.1 Å². The molecule has 8 nitrogen and oxygen atoms in total. The minimum absolute atomic E-state index is 0.00229. The predicted octanol–water partition coefficient (Wildman–Crippen LogP) is 6.40. The van der Waals surface area contributed by atoms with Crippen molar-refractivity contribution in [1.29, 1.82) is 0 Å². The largest absolute Gasteiger partial charge is 0.328 e. The Hall–Kier alpha value is -4.24. The molecule has 0 spiro atoms. The van der Waals surface area contributed by atoms with Gasteiger partial charge in [0.15, 0.2) is 11.6 Å². The molecule has 220 valence electrons. The van der Waals surface area contributed by atoms with Gasteiger partial charge in [0.2, 0.25) is 5.91 Å². The van der Waals surface area contributed by atoms with Crippen LogP contribution in [0.2, 0.25) is 5.02 Å². The van der Waals surface area contributed by atoms with Crippen LogP contribution in [-0.4, -0.2) is 54.2 Å². The molecule has 0 unspecified atom stereocenters. The summed E-state index contributed by atoms with van der Waals surface area (Å²) in [4.78, 5) is 49.7. The molecule has 2 aliphatic rings. The predicted molar refractivity (Wildman–Crippen MR) is 162 cm³/mol. The third kappa shape index (κ3) is 5.73. The molecular weight excluding hydrogens is 569 g/mol. The zero-order chi connectivity index (χ0) is 30.4. The van der Waals surface area contributed by atoms with E-state index in [1.165, 1.54) is 11.6 Å². The van der Waals surface area contributed by atoms with Gasteiger partial charge in [-0.2, -0.15) is 5.10 Å². The van der Waals surface area contributed by atoms with Crippen LogP contribution in [0.1, 0.15) is 61.4 Å². The lowest BCUT2D eigenvalue weighted by Gasteiger charge is -2.27. The van der Waals surface area contributed by atoms with E-state index in [0.717, 1.165) is 17.5 Å². The number of aromatic nitrogens is 4. The van der Waals surface area contributed by atoms with E-state index in [0.29, 0.717) is 39.3 Å². The number of Topliss-reactive ketones (excluding diaryl/α,β-unsaturated/α-hetero) is 2. The van der Waals surface area contributed by atoms with E-state index in [9.17, 15) is 14.4 Å². The minimum Gasteiger partial charge on any atom is -0.328 e. The summed E-state index contributed by atoms with van der Waals surface area (Å²) in [5.74, 6) is -0.0141. The van der Waals surface area contributed by atoms with Crippen molar-refractivity contribution < 1.29 is 18.8 Å². The number of nitrogens with zero attached hydrogens (tertiary/aromatic N) is 5. The molecule has 3 heterocycles. The van der Waals surface area contributed by atoms with Crippen molar-refractivity contribution in [3.63, 3.8) is 0 Å². The van der Waals surface area contributed by atoms with Crippen molar-refractivity contribution in [3.05, 3.63) is 82.8 Å². The fourth-order valence-corrected chi connectivity index (χ4v) is 6.25. The molecule has 3 atom stereocenters. The number of carbonyl (C=O) groups is 3. The van der Waals surface area contributed by atoms with Gasteiger partial charge in [-0.1, -0.05) is 29.8 Å². The molecule has 1 aliphatic heterocycles. The SMILES string of the molecule is CC(=O)c1nn(CC(=O)N2[C@@H]3C[C@@H]3C[C@H]2C(=O)CC/C(F)=C(/C)c2cccc(Cl)c2)c2ccc(-c3cnc(C)nc3)cc12. The summed E-state index contributed by atoms with van der Waals surface area (Å²) in [6.45, 7) is 4.82. The second kappa shape index (κ2) is 11.4. The monoisotopic (exact) mass is 599 g/mol. The van der Waals surface area contributed by atoms with Gasteiger partial charge in [-0.3, -0.25) is 19.1 Å². The van der Waals surface area contributed by atoms with Gasteiger partial charge in [0.25, 0.3) is 0 Å². The van der Waals surface area contributed by atoms with Crippen LogP contribution in [0.3, 0.4) is 0 Å². The zero-order valence-corrected chi connectivity index (χ0v) is 24.9. The highest BCUT2D eigenvalue weighted by Gasteiger charge is 2.55. The van der Waals surface area contributed by atoms with Crippen LogP contribution in [-0.2, 0) is 16.1 Å². The molecule has 2 aromatic heterocycles. The number of carbonyl (C=O) groups excluding carboxylic acids is 3. The molecule has 1 saturated heterocycles. The van der Waals surface area contributed by atoms with Crippen LogP contribution in [0, 0.1) is 12.8 Å². The number of benzene rings is 2. The Morgan fingerprint density at radius 1 is 1.00 bits per heavy atom. The molecule has 1 aliphatic carbocycles. The number of hydrogen-bond acceptors (Lipinski definition) is 6. The molecule has 10 heteroatoms. The lowest BCUT2D eigenvalue weighted by molar-refractivity contribution is -0.139. The molecule has 0 N–H and O–H groups in total. The zero-order valence-electron chi connectivity index (χ0n) is 24.2. The Kier molecular flexibility index (Phi) is 7.68. The first kappa shape index (κ1) is 28.9. The number of piperidine rings is 1. The average molecular weight is 600 g/mol. The van der Waals surface area contributed by atoms with Gasteiger partial charge in [-0.25, -0.2) is 14.4 Å². The van der Waals surface area contributed by atoms with E-state index >= 15 is 4.39 Å². The first-order valence-electron chi connectivity index (χ1n) is 14.4. The highest BCUT2D eigenvalue weighted by atomic mass is 35.5. The van der Waals surface area contributed by atoms with Gasteiger partial charge in [0.1, 0.15) is 23.9 Å². The smallest absolute Gasteiger partial charge is 0.245 e. The number of hydrogen-bond donors (Lipinski definition) is 0. The Morgan fingerprint density at radius 3 is 2.49 bits per heavy atom. The van der Waals surface area contributed by atoms with Crippen LogP contribution in [0.25, 0.3) is 27.6 Å². The van der Waals surface area contributed by atoms with E-state index in [1.807, 2.05) is 25.1 Å². The Labute approximate surface area is 253 Å². The quantitative estimate of drug-likeness (QED) is 0.207. The fraction of sp³-hybridized carbons (Fsp3) is 0.333. The Balaban J connectivity index is 1.20. The summed E-state index contributed by atoms with van der Waals surface area (Å²) in [5.41, 5.74) is 3.67. The molecule has 43 heavy (non-hydrogen) atoms. The third-order valence-corrected chi connectivity index (χ3v) is 8.74. The third-order valence-electron chi connectivity index (χ3n) is 8.50. The van der Waals surface area contributed by atoms with Gasteiger partial charge in [-0.05, 0) is 73.6 Å². The second-order valence-corrected chi connectivity index (χ2v) is 11.9. The molecule has 2 fully saturated rings. The van der Waals surface area contributed by atoms with Crippen LogP contribution >= 0.6 is 11.6 Å². The number of fused-ring (bicyclic) bond motifs is 2. The summed E-state index contributed by atoms with van der Waals surface area (Å²) < 4.78 is 16.6. The summed E-state index contributed by atoms with van der Waals surface area (Å²) in [6.07, 6.45) is 4.86. The van der Waals surface area contributed by atoms with E-state index in [2.05, 4.69) is 15.1 Å². The second-order valence-electron chi connectivity index (χ2n) is 11.4. The molecule has 1 saturated carbocycles. The van der Waals surface area contributed by atoms with E-state index < -0.39 is 6.04 Å². The lowest BCUT2D eigenvalue weighted by atomic mass is 10.00. The number of allylic oxidation sites excluding steroid dienone is 2. The summed E-state index contributed by atoms with van der Waals surface area (Å²) in [7, 11) is 0. The normalized spacial score (nSPS) is 19.7. The van der Waals surface area contributed by atoms with Gasteiger partial charge in [0.05, 0.1) is 11.6 Å². The highest BCUT2D eigenvalue weighted by Crippen LogP contribution is 2.48. The maximum Gasteiger partial charge on any atom is 0.245 e. The number of halogens is 2. The fourth-order valence-electron chi connectivity index (χ4n) is 6.06. The first-order valence-corrected chi connectivity index (χ1v) is 14.7. The van der Waals surface area contributed by atoms with E-state index in [4.69, 9.17) is 11.6 Å². The van der Waals surface area contributed by atoms with Crippen LogP contribution in [0.4, 0.5) is 4.39 Å². The van der Waals surface area contributed by atoms with Gasteiger partial charge in [0, 0.05) is 54.2 Å². The van der Waals surface area contributed by atoms with E-state index in [1.54, 1.807) is 48.5 Å². The van der Waals surface area contributed by atoms with Gasteiger partial charge >= 0.3 is 0 Å². The Bertz CT molecular complexity index is 1800. The molecule has 1 amide bonds.